The molecule has 0 spiro atoms. The average Bonchev–Trinajstić information content (AvgIpc) is 2.35. The molecule has 1 N–H and O–H groups in total. The van der Waals surface area contributed by atoms with E-state index in [0.717, 1.165) is 4.47 Å². The quantitative estimate of drug-likeness (QED) is 0.848. The highest BCUT2D eigenvalue weighted by Crippen LogP contribution is 2.20. The van der Waals surface area contributed by atoms with Crippen LogP contribution in [0, 0.1) is 5.41 Å². The topological polar surface area (TPSA) is 38.3 Å². The fraction of sp³-hybridized carbons (Fsp3) is 0.500. The molecule has 4 heteroatoms. The predicted octanol–water partition coefficient (Wildman–Crippen LogP) is 3.30. The lowest BCUT2D eigenvalue weighted by Gasteiger charge is -2.24. The highest BCUT2D eigenvalue weighted by atomic mass is 79.9. The van der Waals surface area contributed by atoms with E-state index in [1.165, 1.54) is 12.7 Å². The van der Waals surface area contributed by atoms with Gasteiger partial charge in [-0.2, -0.15) is 0 Å². The van der Waals surface area contributed by atoms with Gasteiger partial charge in [-0.3, -0.25) is 4.79 Å². The SMILES string of the molecule is COC(=O)C(C)(C)CN[C@H](C)c1ccc(Br)cc1. The van der Waals surface area contributed by atoms with Crippen LogP contribution in [0.1, 0.15) is 32.4 Å². The average molecular weight is 314 g/mol. The molecule has 1 atom stereocenters. The van der Waals surface area contributed by atoms with Crippen LogP contribution in [0.5, 0.6) is 0 Å². The lowest BCUT2D eigenvalue weighted by Crippen LogP contribution is -2.37. The standard InChI is InChI=1S/C14H20BrNO2/c1-10(11-5-7-12(15)8-6-11)16-9-14(2,3)13(17)18-4/h5-8,10,16H,9H2,1-4H3/t10-/m1/s1. The Hall–Kier alpha value is -0.870. The number of hydrogen-bond acceptors (Lipinski definition) is 3. The number of benzene rings is 1. The number of hydrogen-bond donors (Lipinski definition) is 1. The summed E-state index contributed by atoms with van der Waals surface area (Å²) in [6.45, 7) is 6.41. The Labute approximate surface area is 117 Å². The smallest absolute Gasteiger partial charge is 0.312 e. The number of carbonyl (C=O) groups excluding carboxylic acids is 1. The molecule has 0 unspecified atom stereocenters. The molecule has 0 fully saturated rings. The fourth-order valence-electron chi connectivity index (χ4n) is 1.63. The van der Waals surface area contributed by atoms with Crippen molar-refractivity contribution in [2.75, 3.05) is 13.7 Å². The number of methoxy groups -OCH3 is 1. The molecule has 100 valence electrons. The van der Waals surface area contributed by atoms with Crippen molar-refractivity contribution in [3.8, 4) is 0 Å². The van der Waals surface area contributed by atoms with E-state index in [-0.39, 0.29) is 12.0 Å². The first-order valence-corrected chi connectivity index (χ1v) is 6.73. The first kappa shape index (κ1) is 15.2. The Morgan fingerprint density at radius 1 is 1.39 bits per heavy atom. The molecular weight excluding hydrogens is 294 g/mol. The first-order valence-electron chi connectivity index (χ1n) is 5.94. The Morgan fingerprint density at radius 3 is 2.44 bits per heavy atom. The van der Waals surface area contributed by atoms with Gasteiger partial charge in [0.15, 0.2) is 0 Å². The minimum absolute atomic E-state index is 0.196. The van der Waals surface area contributed by atoms with Crippen LogP contribution in [0.4, 0.5) is 0 Å². The Morgan fingerprint density at radius 2 is 1.94 bits per heavy atom. The summed E-state index contributed by atoms with van der Waals surface area (Å²) >= 11 is 3.41. The maximum Gasteiger partial charge on any atom is 0.312 e. The van der Waals surface area contributed by atoms with E-state index in [9.17, 15) is 4.79 Å². The maximum absolute atomic E-state index is 11.6. The summed E-state index contributed by atoms with van der Waals surface area (Å²) in [6, 6.07) is 8.35. The van der Waals surface area contributed by atoms with E-state index in [1.54, 1.807) is 0 Å². The van der Waals surface area contributed by atoms with E-state index in [1.807, 2.05) is 26.0 Å². The Balaban J connectivity index is 2.58. The van der Waals surface area contributed by atoms with Crippen molar-refractivity contribution in [3.05, 3.63) is 34.3 Å². The third-order valence-corrected chi connectivity index (χ3v) is 3.49. The molecular formula is C14H20BrNO2. The molecule has 18 heavy (non-hydrogen) atoms. The highest BCUT2D eigenvalue weighted by Gasteiger charge is 2.28. The third kappa shape index (κ3) is 4.10. The zero-order valence-electron chi connectivity index (χ0n) is 11.3. The minimum Gasteiger partial charge on any atom is -0.469 e. The zero-order chi connectivity index (χ0) is 13.8. The minimum atomic E-state index is -0.516. The Kier molecular flexibility index (Phi) is 5.35. The molecule has 1 rings (SSSR count). The van der Waals surface area contributed by atoms with Gasteiger partial charge in [0, 0.05) is 17.1 Å². The molecule has 1 aromatic rings. The third-order valence-electron chi connectivity index (χ3n) is 2.96. The summed E-state index contributed by atoms with van der Waals surface area (Å²) in [4.78, 5) is 11.6. The van der Waals surface area contributed by atoms with E-state index in [0.29, 0.717) is 6.54 Å². The van der Waals surface area contributed by atoms with Crippen molar-refractivity contribution < 1.29 is 9.53 Å². The van der Waals surface area contributed by atoms with Crippen molar-refractivity contribution in [1.82, 2.24) is 5.32 Å². The molecule has 1 aromatic carbocycles. The van der Waals surface area contributed by atoms with Crippen LogP contribution in [0.3, 0.4) is 0 Å². The molecule has 0 aliphatic rings. The van der Waals surface area contributed by atoms with Crippen LogP contribution in [0.2, 0.25) is 0 Å². The maximum atomic E-state index is 11.6. The van der Waals surface area contributed by atoms with Crippen LogP contribution in [0.15, 0.2) is 28.7 Å². The van der Waals surface area contributed by atoms with Crippen molar-refractivity contribution in [3.63, 3.8) is 0 Å². The van der Waals surface area contributed by atoms with Gasteiger partial charge in [-0.05, 0) is 38.5 Å². The monoisotopic (exact) mass is 313 g/mol. The molecule has 0 aliphatic heterocycles. The van der Waals surface area contributed by atoms with E-state index in [4.69, 9.17) is 4.74 Å². The van der Waals surface area contributed by atoms with E-state index < -0.39 is 5.41 Å². The molecule has 0 aromatic heterocycles. The van der Waals surface area contributed by atoms with Crippen LogP contribution >= 0.6 is 15.9 Å². The predicted molar refractivity (Wildman–Crippen MR) is 76.4 cm³/mol. The van der Waals surface area contributed by atoms with Gasteiger partial charge < -0.3 is 10.1 Å². The number of esters is 1. The summed E-state index contributed by atoms with van der Waals surface area (Å²) in [5.74, 6) is -0.196. The van der Waals surface area contributed by atoms with Crippen LogP contribution in [-0.4, -0.2) is 19.6 Å². The van der Waals surface area contributed by atoms with Crippen molar-refractivity contribution >= 4 is 21.9 Å². The second kappa shape index (κ2) is 6.34. The largest absolute Gasteiger partial charge is 0.469 e. The van der Waals surface area contributed by atoms with Crippen molar-refractivity contribution in [1.29, 1.82) is 0 Å². The summed E-state index contributed by atoms with van der Waals surface area (Å²) < 4.78 is 5.85. The normalized spacial score (nSPS) is 13.2. The van der Waals surface area contributed by atoms with Gasteiger partial charge in [-0.25, -0.2) is 0 Å². The van der Waals surface area contributed by atoms with Gasteiger partial charge in [0.1, 0.15) is 0 Å². The summed E-state index contributed by atoms with van der Waals surface area (Å²) in [6.07, 6.45) is 0. The molecule has 0 saturated carbocycles. The summed E-state index contributed by atoms with van der Waals surface area (Å²) in [7, 11) is 1.42. The van der Waals surface area contributed by atoms with Gasteiger partial charge in [0.2, 0.25) is 0 Å². The molecule has 0 heterocycles. The number of nitrogens with one attached hydrogen (secondary N) is 1. The van der Waals surface area contributed by atoms with Gasteiger partial charge >= 0.3 is 5.97 Å². The van der Waals surface area contributed by atoms with Crippen molar-refractivity contribution in [2.24, 2.45) is 5.41 Å². The van der Waals surface area contributed by atoms with Gasteiger partial charge in [0.25, 0.3) is 0 Å². The number of rotatable bonds is 5. The number of carbonyl (C=O) groups is 1. The molecule has 0 amide bonds. The lowest BCUT2D eigenvalue weighted by atomic mass is 9.93. The van der Waals surface area contributed by atoms with Crippen LogP contribution < -0.4 is 5.32 Å². The zero-order valence-corrected chi connectivity index (χ0v) is 12.9. The summed E-state index contributed by atoms with van der Waals surface area (Å²) in [5, 5.41) is 3.36. The second-order valence-corrected chi connectivity index (χ2v) is 5.95. The van der Waals surface area contributed by atoms with Gasteiger partial charge in [-0.1, -0.05) is 28.1 Å². The molecule has 3 nitrogen and oxygen atoms in total. The summed E-state index contributed by atoms with van der Waals surface area (Å²) in [5.41, 5.74) is 0.678. The number of ether oxygens (including phenoxy) is 1. The fourth-order valence-corrected chi connectivity index (χ4v) is 1.89. The van der Waals surface area contributed by atoms with Crippen LogP contribution in [-0.2, 0) is 9.53 Å². The van der Waals surface area contributed by atoms with E-state index in [2.05, 4.69) is 40.3 Å². The highest BCUT2D eigenvalue weighted by molar-refractivity contribution is 9.10. The molecule has 0 bridgehead atoms. The Bertz CT molecular complexity index is 401. The lowest BCUT2D eigenvalue weighted by molar-refractivity contribution is -0.150. The molecule has 0 aliphatic carbocycles. The molecule has 0 saturated heterocycles. The van der Waals surface area contributed by atoms with Gasteiger partial charge in [-0.15, -0.1) is 0 Å². The molecule has 0 radical (unpaired) electrons. The first-order chi connectivity index (χ1) is 8.36. The second-order valence-electron chi connectivity index (χ2n) is 5.03. The van der Waals surface area contributed by atoms with Crippen molar-refractivity contribution in [2.45, 2.75) is 26.8 Å². The number of halogens is 1. The van der Waals surface area contributed by atoms with E-state index >= 15 is 0 Å². The van der Waals surface area contributed by atoms with Gasteiger partial charge in [0.05, 0.1) is 12.5 Å². The van der Waals surface area contributed by atoms with Crippen LogP contribution in [0.25, 0.3) is 0 Å².